The van der Waals surface area contributed by atoms with Crippen molar-refractivity contribution in [3.05, 3.63) is 29.3 Å². The van der Waals surface area contributed by atoms with E-state index in [0.717, 1.165) is 31.2 Å². The molecule has 4 N–H and O–H groups in total. The number of rotatable bonds is 3. The molecule has 0 aliphatic heterocycles. The van der Waals surface area contributed by atoms with Crippen molar-refractivity contribution in [3.8, 4) is 0 Å². The van der Waals surface area contributed by atoms with Crippen molar-refractivity contribution < 1.29 is 9.90 Å². The van der Waals surface area contributed by atoms with E-state index < -0.39 is 5.60 Å². The minimum atomic E-state index is -0.745. The fourth-order valence-corrected chi connectivity index (χ4v) is 2.64. The topological polar surface area (TPSA) is 75.3 Å². The summed E-state index contributed by atoms with van der Waals surface area (Å²) in [5.74, 6) is 0.519. The molecule has 0 spiro atoms. The molecule has 0 heterocycles. The van der Waals surface area contributed by atoms with E-state index >= 15 is 0 Å². The second-order valence-electron chi connectivity index (χ2n) is 6.16. The molecule has 20 heavy (non-hydrogen) atoms. The van der Waals surface area contributed by atoms with Gasteiger partial charge in [0.15, 0.2) is 0 Å². The van der Waals surface area contributed by atoms with Gasteiger partial charge >= 0.3 is 0 Å². The largest absolute Gasteiger partial charge is 0.399 e. The summed E-state index contributed by atoms with van der Waals surface area (Å²) in [5.41, 5.74) is 7.16. The van der Waals surface area contributed by atoms with Gasteiger partial charge in [0, 0.05) is 17.8 Å². The Morgan fingerprint density at radius 2 is 2.10 bits per heavy atom. The maximum Gasteiger partial charge on any atom is 0.251 e. The quantitative estimate of drug-likeness (QED) is 0.741. The molecule has 1 saturated carbocycles. The van der Waals surface area contributed by atoms with E-state index in [1.54, 1.807) is 18.2 Å². The minimum Gasteiger partial charge on any atom is -0.399 e. The molecule has 0 unspecified atom stereocenters. The van der Waals surface area contributed by atoms with Crippen LogP contribution in [0, 0.1) is 12.8 Å². The number of nitrogen functional groups attached to an aromatic ring is 1. The highest BCUT2D eigenvalue weighted by atomic mass is 16.3. The maximum absolute atomic E-state index is 12.1. The molecule has 0 saturated heterocycles. The highest BCUT2D eigenvalue weighted by Crippen LogP contribution is 2.31. The average molecular weight is 276 g/mol. The molecule has 1 aliphatic carbocycles. The van der Waals surface area contributed by atoms with E-state index in [9.17, 15) is 9.90 Å². The molecule has 1 fully saturated rings. The van der Waals surface area contributed by atoms with Crippen LogP contribution in [0.25, 0.3) is 0 Å². The van der Waals surface area contributed by atoms with Gasteiger partial charge in [-0.2, -0.15) is 0 Å². The Hall–Kier alpha value is -1.55. The van der Waals surface area contributed by atoms with Crippen molar-refractivity contribution in [1.82, 2.24) is 5.32 Å². The summed E-state index contributed by atoms with van der Waals surface area (Å²) in [6, 6.07) is 5.23. The molecule has 0 bridgehead atoms. The molecule has 1 amide bonds. The Morgan fingerprint density at radius 3 is 2.70 bits per heavy atom. The number of carbonyl (C=O) groups excluding carboxylic acids is 1. The predicted molar refractivity (Wildman–Crippen MR) is 80.5 cm³/mol. The number of nitrogens with one attached hydrogen (secondary N) is 1. The summed E-state index contributed by atoms with van der Waals surface area (Å²) >= 11 is 0. The van der Waals surface area contributed by atoms with E-state index in [1.165, 1.54) is 0 Å². The summed E-state index contributed by atoms with van der Waals surface area (Å²) in [6.07, 6.45) is 3.56. The molecule has 2 rings (SSSR count). The number of aryl methyl sites for hydroxylation is 1. The van der Waals surface area contributed by atoms with Crippen LogP contribution in [0.5, 0.6) is 0 Å². The van der Waals surface area contributed by atoms with E-state index in [-0.39, 0.29) is 5.91 Å². The predicted octanol–water partition coefficient (Wildman–Crippen LogP) is 2.25. The fraction of sp³-hybridized carbons (Fsp3) is 0.562. The van der Waals surface area contributed by atoms with Crippen molar-refractivity contribution >= 4 is 11.6 Å². The Kier molecular flexibility index (Phi) is 4.33. The first-order valence-electron chi connectivity index (χ1n) is 7.26. The van der Waals surface area contributed by atoms with Crippen molar-refractivity contribution in [2.75, 3.05) is 12.3 Å². The molecule has 1 aromatic rings. The monoisotopic (exact) mass is 276 g/mol. The Morgan fingerprint density at radius 1 is 1.45 bits per heavy atom. The number of nitrogens with two attached hydrogens (primary N) is 1. The van der Waals surface area contributed by atoms with Gasteiger partial charge < -0.3 is 16.2 Å². The van der Waals surface area contributed by atoms with Crippen LogP contribution in [0.3, 0.4) is 0 Å². The van der Waals surface area contributed by atoms with Gasteiger partial charge in [-0.05, 0) is 62.3 Å². The molecular weight excluding hydrogens is 252 g/mol. The number of carbonyl (C=O) groups is 1. The van der Waals surface area contributed by atoms with Gasteiger partial charge in [0.1, 0.15) is 0 Å². The summed E-state index contributed by atoms with van der Waals surface area (Å²) in [4.78, 5) is 12.1. The molecule has 0 radical (unpaired) electrons. The summed E-state index contributed by atoms with van der Waals surface area (Å²) in [5, 5.41) is 13.3. The summed E-state index contributed by atoms with van der Waals surface area (Å²) in [6.45, 7) is 4.40. The first-order chi connectivity index (χ1) is 9.39. The Bertz CT molecular complexity index is 491. The van der Waals surface area contributed by atoms with Gasteiger partial charge in [0.2, 0.25) is 0 Å². The van der Waals surface area contributed by atoms with Crippen LogP contribution in [0.1, 0.15) is 48.5 Å². The molecule has 4 nitrogen and oxygen atoms in total. The number of aliphatic hydroxyl groups is 1. The lowest BCUT2D eigenvalue weighted by Gasteiger charge is -2.34. The fourth-order valence-electron chi connectivity index (χ4n) is 2.64. The highest BCUT2D eigenvalue weighted by Gasteiger charge is 2.32. The average Bonchev–Trinajstić information content (AvgIpc) is 2.43. The van der Waals surface area contributed by atoms with Gasteiger partial charge in [-0.1, -0.05) is 6.92 Å². The Labute approximate surface area is 120 Å². The smallest absolute Gasteiger partial charge is 0.251 e. The Balaban J connectivity index is 1.93. The lowest BCUT2D eigenvalue weighted by molar-refractivity contribution is -0.00539. The summed E-state index contributed by atoms with van der Waals surface area (Å²) in [7, 11) is 0. The molecule has 4 heteroatoms. The van der Waals surface area contributed by atoms with Crippen LogP contribution in [-0.2, 0) is 0 Å². The zero-order valence-electron chi connectivity index (χ0n) is 12.3. The SMILES string of the molecule is Cc1cc(C(=O)NCC2(O)CCC(C)CC2)ccc1N. The third kappa shape index (κ3) is 3.51. The number of hydrogen-bond acceptors (Lipinski definition) is 3. The first-order valence-corrected chi connectivity index (χ1v) is 7.26. The second-order valence-corrected chi connectivity index (χ2v) is 6.16. The number of amides is 1. The summed E-state index contributed by atoms with van der Waals surface area (Å²) < 4.78 is 0. The van der Waals surface area contributed by atoms with Crippen LogP contribution in [0.2, 0.25) is 0 Å². The normalized spacial score (nSPS) is 26.2. The lowest BCUT2D eigenvalue weighted by Crippen LogP contribution is -2.45. The molecule has 110 valence electrons. The number of hydrogen-bond donors (Lipinski definition) is 3. The minimum absolute atomic E-state index is 0.153. The zero-order valence-corrected chi connectivity index (χ0v) is 12.3. The molecule has 0 atom stereocenters. The van der Waals surface area contributed by atoms with Gasteiger partial charge in [-0.3, -0.25) is 4.79 Å². The van der Waals surface area contributed by atoms with Gasteiger partial charge in [0.05, 0.1) is 5.60 Å². The van der Waals surface area contributed by atoms with E-state index in [0.29, 0.717) is 23.7 Å². The van der Waals surface area contributed by atoms with Crippen molar-refractivity contribution in [1.29, 1.82) is 0 Å². The van der Waals surface area contributed by atoms with Crippen LogP contribution in [0.4, 0.5) is 5.69 Å². The van der Waals surface area contributed by atoms with Gasteiger partial charge in [-0.15, -0.1) is 0 Å². The molecule has 0 aromatic heterocycles. The standard InChI is InChI=1S/C16H24N2O2/c1-11-5-7-16(20,8-6-11)10-18-15(19)13-3-4-14(17)12(2)9-13/h3-4,9,11,20H,5-8,10,17H2,1-2H3,(H,18,19). The van der Waals surface area contributed by atoms with Crippen molar-refractivity contribution in [2.45, 2.75) is 45.1 Å². The van der Waals surface area contributed by atoms with Crippen molar-refractivity contribution in [3.63, 3.8) is 0 Å². The maximum atomic E-state index is 12.1. The molecule has 1 aliphatic rings. The van der Waals surface area contributed by atoms with Crippen molar-refractivity contribution in [2.24, 2.45) is 5.92 Å². The third-order valence-electron chi connectivity index (χ3n) is 4.31. The third-order valence-corrected chi connectivity index (χ3v) is 4.31. The lowest BCUT2D eigenvalue weighted by atomic mass is 9.79. The van der Waals surface area contributed by atoms with Crippen LogP contribution in [-0.4, -0.2) is 23.2 Å². The van der Waals surface area contributed by atoms with Crippen LogP contribution >= 0.6 is 0 Å². The van der Waals surface area contributed by atoms with E-state index in [4.69, 9.17) is 5.73 Å². The van der Waals surface area contributed by atoms with E-state index in [1.807, 2.05) is 6.92 Å². The van der Waals surface area contributed by atoms with E-state index in [2.05, 4.69) is 12.2 Å². The zero-order chi connectivity index (χ0) is 14.8. The van der Waals surface area contributed by atoms with Gasteiger partial charge in [-0.25, -0.2) is 0 Å². The van der Waals surface area contributed by atoms with Crippen LogP contribution < -0.4 is 11.1 Å². The first kappa shape index (κ1) is 14.9. The molecular formula is C16H24N2O2. The number of anilines is 1. The second kappa shape index (κ2) is 5.83. The van der Waals surface area contributed by atoms with Gasteiger partial charge in [0.25, 0.3) is 5.91 Å². The molecule has 1 aromatic carbocycles. The highest BCUT2D eigenvalue weighted by molar-refractivity contribution is 5.94. The van der Waals surface area contributed by atoms with Crippen LogP contribution in [0.15, 0.2) is 18.2 Å². The number of benzene rings is 1.